The Kier molecular flexibility index (Phi) is 8.67. The highest BCUT2D eigenvalue weighted by molar-refractivity contribution is 5.79. The predicted molar refractivity (Wildman–Crippen MR) is 124 cm³/mol. The lowest BCUT2D eigenvalue weighted by Gasteiger charge is -2.41. The average molecular weight is 426 g/mol. The van der Waals surface area contributed by atoms with Gasteiger partial charge in [0.1, 0.15) is 6.61 Å². The zero-order chi connectivity index (χ0) is 21.9. The third kappa shape index (κ3) is 7.22. The molecule has 7 nitrogen and oxygen atoms in total. The smallest absolute Gasteiger partial charge is 0.218 e. The molecular formula is C24H35N5O2. The van der Waals surface area contributed by atoms with Gasteiger partial charge in [-0.1, -0.05) is 36.4 Å². The molecule has 0 radical (unpaired) electrons. The van der Waals surface area contributed by atoms with Crippen LogP contribution in [0.15, 0.2) is 53.7 Å². The normalized spacial score (nSPS) is 15.5. The molecule has 2 aromatic rings. The van der Waals surface area contributed by atoms with Gasteiger partial charge in [0.15, 0.2) is 5.96 Å². The van der Waals surface area contributed by atoms with Crippen LogP contribution in [0.3, 0.4) is 0 Å². The summed E-state index contributed by atoms with van der Waals surface area (Å²) in [5.41, 5.74) is 2.09. The molecule has 2 heterocycles. The Morgan fingerprint density at radius 3 is 2.65 bits per heavy atom. The molecule has 1 aromatic heterocycles. The predicted octanol–water partition coefficient (Wildman–Crippen LogP) is 2.83. The zero-order valence-corrected chi connectivity index (χ0v) is 18.9. The molecule has 1 saturated heterocycles. The van der Waals surface area contributed by atoms with E-state index in [2.05, 4.69) is 41.3 Å². The number of guanidine groups is 1. The summed E-state index contributed by atoms with van der Waals surface area (Å²) in [6, 6.07) is 14.0. The third-order valence-corrected chi connectivity index (χ3v) is 5.38. The number of benzene rings is 1. The summed E-state index contributed by atoms with van der Waals surface area (Å²) in [4.78, 5) is 11.7. The number of pyridine rings is 1. The lowest BCUT2D eigenvalue weighted by molar-refractivity contribution is -0.00834. The number of nitrogens with one attached hydrogen (secondary N) is 2. The van der Waals surface area contributed by atoms with E-state index in [1.54, 1.807) is 6.20 Å². The van der Waals surface area contributed by atoms with Crippen molar-refractivity contribution in [3.63, 3.8) is 0 Å². The van der Waals surface area contributed by atoms with Crippen molar-refractivity contribution in [1.29, 1.82) is 0 Å². The van der Waals surface area contributed by atoms with Gasteiger partial charge in [-0.2, -0.15) is 0 Å². The molecule has 0 saturated carbocycles. The molecule has 0 amide bonds. The first-order valence-electron chi connectivity index (χ1n) is 11.0. The Morgan fingerprint density at radius 1 is 1.13 bits per heavy atom. The van der Waals surface area contributed by atoms with Gasteiger partial charge in [-0.3, -0.25) is 4.90 Å². The Balaban J connectivity index is 1.60. The Bertz CT molecular complexity index is 820. The van der Waals surface area contributed by atoms with E-state index >= 15 is 0 Å². The summed E-state index contributed by atoms with van der Waals surface area (Å²) in [6.45, 7) is 12.7. The van der Waals surface area contributed by atoms with Crippen molar-refractivity contribution in [2.75, 3.05) is 39.4 Å². The van der Waals surface area contributed by atoms with Crippen molar-refractivity contribution in [1.82, 2.24) is 20.5 Å². The van der Waals surface area contributed by atoms with Gasteiger partial charge in [-0.15, -0.1) is 0 Å². The van der Waals surface area contributed by atoms with Crippen LogP contribution in [0, 0.1) is 0 Å². The van der Waals surface area contributed by atoms with E-state index in [1.165, 1.54) is 0 Å². The summed E-state index contributed by atoms with van der Waals surface area (Å²) >= 11 is 0. The maximum absolute atomic E-state index is 5.97. The minimum atomic E-state index is 0.0121. The molecule has 0 unspecified atom stereocenters. The van der Waals surface area contributed by atoms with Crippen molar-refractivity contribution in [2.45, 2.75) is 39.5 Å². The van der Waals surface area contributed by atoms with Gasteiger partial charge in [0.25, 0.3) is 0 Å². The molecule has 0 aliphatic carbocycles. The van der Waals surface area contributed by atoms with E-state index in [4.69, 9.17) is 14.5 Å². The van der Waals surface area contributed by atoms with Crippen LogP contribution in [0.25, 0.3) is 0 Å². The number of aromatic nitrogens is 1. The van der Waals surface area contributed by atoms with E-state index in [0.717, 1.165) is 56.5 Å². The van der Waals surface area contributed by atoms with E-state index in [1.807, 2.05) is 42.5 Å². The minimum absolute atomic E-state index is 0.0121. The molecule has 7 heteroatoms. The topological polar surface area (TPSA) is 71.0 Å². The van der Waals surface area contributed by atoms with Gasteiger partial charge < -0.3 is 20.1 Å². The summed E-state index contributed by atoms with van der Waals surface area (Å²) < 4.78 is 11.5. The van der Waals surface area contributed by atoms with Crippen LogP contribution in [-0.2, 0) is 17.9 Å². The number of ether oxygens (including phenoxy) is 2. The van der Waals surface area contributed by atoms with Crippen LogP contribution < -0.4 is 15.4 Å². The molecule has 168 valence electrons. The van der Waals surface area contributed by atoms with Crippen LogP contribution in [-0.4, -0.2) is 60.8 Å². The van der Waals surface area contributed by atoms with Gasteiger partial charge >= 0.3 is 0 Å². The first kappa shape index (κ1) is 23.0. The number of hydrogen-bond acceptors (Lipinski definition) is 5. The molecule has 1 aliphatic heterocycles. The van der Waals surface area contributed by atoms with Gasteiger partial charge in [-0.25, -0.2) is 9.98 Å². The average Bonchev–Trinajstić information content (AvgIpc) is 2.81. The van der Waals surface area contributed by atoms with Crippen molar-refractivity contribution in [2.24, 2.45) is 4.99 Å². The van der Waals surface area contributed by atoms with Crippen LogP contribution in [0.4, 0.5) is 0 Å². The lowest BCUT2D eigenvalue weighted by atomic mass is 10.0. The Hall–Kier alpha value is -2.64. The van der Waals surface area contributed by atoms with E-state index < -0.39 is 0 Å². The van der Waals surface area contributed by atoms with Crippen molar-refractivity contribution in [3.05, 3.63) is 59.8 Å². The molecule has 0 bridgehead atoms. The number of aliphatic imine (C=N–C) groups is 1. The third-order valence-electron chi connectivity index (χ3n) is 5.38. The van der Waals surface area contributed by atoms with Crippen molar-refractivity contribution in [3.8, 4) is 5.88 Å². The molecule has 2 N–H and O–H groups in total. The molecular weight excluding hydrogens is 390 g/mol. The summed E-state index contributed by atoms with van der Waals surface area (Å²) in [5, 5.41) is 6.84. The fourth-order valence-electron chi connectivity index (χ4n) is 3.49. The Labute approximate surface area is 185 Å². The summed E-state index contributed by atoms with van der Waals surface area (Å²) in [7, 11) is 0. The molecule has 1 fully saturated rings. The van der Waals surface area contributed by atoms with Crippen LogP contribution in [0.2, 0.25) is 0 Å². The van der Waals surface area contributed by atoms with Gasteiger partial charge in [0.2, 0.25) is 5.88 Å². The molecule has 1 aromatic carbocycles. The standard InChI is InChI=1S/C24H35N5O2/c1-4-25-23(28-19-24(2,3)29-13-15-30-16-14-29)27-17-21-11-8-12-26-22(21)31-18-20-9-6-5-7-10-20/h5-12H,4,13-19H2,1-3H3,(H2,25,27,28). The highest BCUT2D eigenvalue weighted by Crippen LogP contribution is 2.18. The van der Waals surface area contributed by atoms with E-state index in [-0.39, 0.29) is 5.54 Å². The van der Waals surface area contributed by atoms with E-state index in [0.29, 0.717) is 19.0 Å². The Morgan fingerprint density at radius 2 is 1.90 bits per heavy atom. The molecule has 1 aliphatic rings. The van der Waals surface area contributed by atoms with Crippen molar-refractivity contribution < 1.29 is 9.47 Å². The number of hydrogen-bond donors (Lipinski definition) is 2. The largest absolute Gasteiger partial charge is 0.473 e. The number of rotatable bonds is 9. The monoisotopic (exact) mass is 425 g/mol. The molecule has 31 heavy (non-hydrogen) atoms. The van der Waals surface area contributed by atoms with E-state index in [9.17, 15) is 0 Å². The number of nitrogens with zero attached hydrogens (tertiary/aromatic N) is 3. The minimum Gasteiger partial charge on any atom is -0.473 e. The summed E-state index contributed by atoms with van der Waals surface area (Å²) in [5.74, 6) is 1.42. The number of morpholine rings is 1. The van der Waals surface area contributed by atoms with Crippen LogP contribution in [0.5, 0.6) is 5.88 Å². The summed E-state index contributed by atoms with van der Waals surface area (Å²) in [6.07, 6.45) is 1.75. The SMILES string of the molecule is CCNC(=NCc1cccnc1OCc1ccccc1)NCC(C)(C)N1CCOCC1. The zero-order valence-electron chi connectivity index (χ0n) is 18.9. The fourth-order valence-corrected chi connectivity index (χ4v) is 3.49. The van der Waals surface area contributed by atoms with Crippen LogP contribution in [0.1, 0.15) is 31.9 Å². The molecule has 0 spiro atoms. The second-order valence-electron chi connectivity index (χ2n) is 8.20. The van der Waals surface area contributed by atoms with Gasteiger partial charge in [0, 0.05) is 43.5 Å². The molecule has 3 rings (SSSR count). The van der Waals surface area contributed by atoms with Crippen molar-refractivity contribution >= 4 is 5.96 Å². The van der Waals surface area contributed by atoms with Gasteiger partial charge in [0.05, 0.1) is 19.8 Å². The first-order valence-corrected chi connectivity index (χ1v) is 11.0. The second kappa shape index (κ2) is 11.7. The van der Waals surface area contributed by atoms with Crippen LogP contribution >= 0.6 is 0 Å². The first-order chi connectivity index (χ1) is 15.1. The maximum atomic E-state index is 5.97. The quantitative estimate of drug-likeness (QED) is 0.476. The van der Waals surface area contributed by atoms with Gasteiger partial charge in [-0.05, 0) is 32.4 Å². The molecule has 0 atom stereocenters. The lowest BCUT2D eigenvalue weighted by Crippen LogP contribution is -2.56. The maximum Gasteiger partial charge on any atom is 0.218 e. The second-order valence-corrected chi connectivity index (χ2v) is 8.20. The highest BCUT2D eigenvalue weighted by Gasteiger charge is 2.28. The highest BCUT2D eigenvalue weighted by atomic mass is 16.5. The fraction of sp³-hybridized carbons (Fsp3) is 0.500.